The molecular weight excluding hydrogens is 376 g/mol. The van der Waals surface area contributed by atoms with Gasteiger partial charge >= 0.3 is 0 Å². The number of carbonyl (C=O) groups is 1. The zero-order valence-electron chi connectivity index (χ0n) is 17.0. The Morgan fingerprint density at radius 2 is 1.79 bits per heavy atom. The third-order valence-electron chi connectivity index (χ3n) is 5.15. The van der Waals surface area contributed by atoms with Gasteiger partial charge < -0.3 is 5.32 Å². The average molecular weight is 401 g/mol. The summed E-state index contributed by atoms with van der Waals surface area (Å²) >= 11 is 1.64. The van der Waals surface area contributed by atoms with Crippen molar-refractivity contribution < 1.29 is 4.79 Å². The maximum Gasteiger partial charge on any atom is 0.229 e. The monoisotopic (exact) mass is 400 g/mol. The summed E-state index contributed by atoms with van der Waals surface area (Å²) in [4.78, 5) is 18.4. The predicted octanol–water partition coefficient (Wildman–Crippen LogP) is 5.99. The SMILES string of the molecule is Cc1ccc(C)c(NC(=O)Cc2sc(Cc3cccc4ccccc34)nc2C)c1. The van der Waals surface area contributed by atoms with Gasteiger partial charge in [0.2, 0.25) is 5.91 Å². The van der Waals surface area contributed by atoms with E-state index in [4.69, 9.17) is 4.98 Å². The number of aromatic nitrogens is 1. The Hall–Kier alpha value is -2.98. The Morgan fingerprint density at radius 1 is 1.00 bits per heavy atom. The first-order valence-corrected chi connectivity index (χ1v) is 10.6. The first-order chi connectivity index (χ1) is 14.0. The Labute approximate surface area is 175 Å². The van der Waals surface area contributed by atoms with Crippen LogP contribution in [0.4, 0.5) is 5.69 Å². The van der Waals surface area contributed by atoms with E-state index in [-0.39, 0.29) is 5.91 Å². The highest BCUT2D eigenvalue weighted by Gasteiger charge is 2.14. The summed E-state index contributed by atoms with van der Waals surface area (Å²) in [6, 6.07) is 20.9. The number of anilines is 1. The molecule has 0 atom stereocenters. The number of nitrogens with one attached hydrogen (secondary N) is 1. The fourth-order valence-corrected chi connectivity index (χ4v) is 4.64. The molecule has 4 heteroatoms. The fourth-order valence-electron chi connectivity index (χ4n) is 3.55. The van der Waals surface area contributed by atoms with E-state index < -0.39 is 0 Å². The molecule has 3 aromatic carbocycles. The van der Waals surface area contributed by atoms with E-state index in [1.165, 1.54) is 16.3 Å². The van der Waals surface area contributed by atoms with Crippen molar-refractivity contribution in [1.29, 1.82) is 0 Å². The maximum atomic E-state index is 12.6. The minimum atomic E-state index is 0.00200. The van der Waals surface area contributed by atoms with E-state index in [1.54, 1.807) is 11.3 Å². The van der Waals surface area contributed by atoms with Crippen LogP contribution in [0.25, 0.3) is 10.8 Å². The van der Waals surface area contributed by atoms with Crippen molar-refractivity contribution >= 4 is 33.7 Å². The lowest BCUT2D eigenvalue weighted by Gasteiger charge is -2.09. The molecular formula is C25H24N2OS. The van der Waals surface area contributed by atoms with E-state index in [9.17, 15) is 4.79 Å². The van der Waals surface area contributed by atoms with E-state index in [1.807, 2.05) is 32.9 Å². The third kappa shape index (κ3) is 4.38. The molecule has 0 bridgehead atoms. The van der Waals surface area contributed by atoms with Crippen LogP contribution in [0.3, 0.4) is 0 Å². The first kappa shape index (κ1) is 19.3. The quantitative estimate of drug-likeness (QED) is 0.447. The summed E-state index contributed by atoms with van der Waals surface area (Å²) in [6.07, 6.45) is 1.14. The highest BCUT2D eigenvalue weighted by atomic mass is 32.1. The molecule has 0 radical (unpaired) electrons. The van der Waals surface area contributed by atoms with E-state index >= 15 is 0 Å². The smallest absolute Gasteiger partial charge is 0.229 e. The van der Waals surface area contributed by atoms with Crippen molar-refractivity contribution in [2.24, 2.45) is 0 Å². The van der Waals surface area contributed by atoms with Crippen molar-refractivity contribution in [2.75, 3.05) is 5.32 Å². The van der Waals surface area contributed by atoms with Gasteiger partial charge in [0.1, 0.15) is 0 Å². The van der Waals surface area contributed by atoms with E-state index in [2.05, 4.69) is 53.8 Å². The van der Waals surface area contributed by atoms with Gasteiger partial charge in [0, 0.05) is 17.0 Å². The number of rotatable bonds is 5. The number of nitrogens with zero attached hydrogens (tertiary/aromatic N) is 1. The van der Waals surface area contributed by atoms with Crippen LogP contribution in [-0.4, -0.2) is 10.9 Å². The van der Waals surface area contributed by atoms with Crippen LogP contribution in [-0.2, 0) is 17.6 Å². The maximum absolute atomic E-state index is 12.6. The Morgan fingerprint density at radius 3 is 2.66 bits per heavy atom. The van der Waals surface area contributed by atoms with Gasteiger partial charge in [0.15, 0.2) is 0 Å². The van der Waals surface area contributed by atoms with Gasteiger partial charge in [0.05, 0.1) is 17.1 Å². The number of hydrogen-bond donors (Lipinski definition) is 1. The van der Waals surface area contributed by atoms with Crippen molar-refractivity contribution in [1.82, 2.24) is 4.98 Å². The molecule has 0 aliphatic carbocycles. The number of thiazole rings is 1. The minimum Gasteiger partial charge on any atom is -0.326 e. The summed E-state index contributed by atoms with van der Waals surface area (Å²) in [5, 5.41) is 6.60. The highest BCUT2D eigenvalue weighted by Crippen LogP contribution is 2.26. The number of fused-ring (bicyclic) bond motifs is 1. The van der Waals surface area contributed by atoms with Crippen LogP contribution in [0.15, 0.2) is 60.7 Å². The van der Waals surface area contributed by atoms with Gasteiger partial charge in [-0.15, -0.1) is 11.3 Å². The van der Waals surface area contributed by atoms with Gasteiger partial charge in [-0.05, 0) is 54.3 Å². The molecule has 1 N–H and O–H groups in total. The summed E-state index contributed by atoms with van der Waals surface area (Å²) in [5.74, 6) is 0.00200. The summed E-state index contributed by atoms with van der Waals surface area (Å²) in [6.45, 7) is 6.03. The Balaban J connectivity index is 1.50. The first-order valence-electron chi connectivity index (χ1n) is 9.78. The summed E-state index contributed by atoms with van der Waals surface area (Å²) in [7, 11) is 0. The number of amides is 1. The molecule has 29 heavy (non-hydrogen) atoms. The molecule has 3 nitrogen and oxygen atoms in total. The van der Waals surface area contributed by atoms with E-state index in [0.717, 1.165) is 38.8 Å². The second-order valence-electron chi connectivity index (χ2n) is 7.47. The second kappa shape index (κ2) is 8.18. The minimum absolute atomic E-state index is 0.00200. The van der Waals surface area contributed by atoms with Gasteiger partial charge in [-0.25, -0.2) is 4.98 Å². The number of aryl methyl sites for hydroxylation is 3. The largest absolute Gasteiger partial charge is 0.326 e. The molecule has 0 fully saturated rings. The molecule has 4 aromatic rings. The summed E-state index contributed by atoms with van der Waals surface area (Å²) < 4.78 is 0. The van der Waals surface area contributed by atoms with Crippen LogP contribution < -0.4 is 5.32 Å². The highest BCUT2D eigenvalue weighted by molar-refractivity contribution is 7.11. The normalized spacial score (nSPS) is 11.0. The van der Waals surface area contributed by atoms with E-state index in [0.29, 0.717) is 6.42 Å². The predicted molar refractivity (Wildman–Crippen MR) is 122 cm³/mol. The van der Waals surface area contributed by atoms with Crippen LogP contribution in [0.1, 0.15) is 32.3 Å². The van der Waals surface area contributed by atoms with Crippen molar-refractivity contribution in [3.05, 3.63) is 92.9 Å². The lowest BCUT2D eigenvalue weighted by Crippen LogP contribution is -2.15. The molecule has 1 heterocycles. The van der Waals surface area contributed by atoms with Crippen LogP contribution in [0.5, 0.6) is 0 Å². The third-order valence-corrected chi connectivity index (χ3v) is 6.30. The topological polar surface area (TPSA) is 42.0 Å². The average Bonchev–Trinajstić information content (AvgIpc) is 3.03. The number of benzene rings is 3. The summed E-state index contributed by atoms with van der Waals surface area (Å²) in [5.41, 5.74) is 5.30. The number of carbonyl (C=O) groups excluding carboxylic acids is 1. The van der Waals surface area contributed by atoms with Crippen molar-refractivity contribution in [2.45, 2.75) is 33.6 Å². The van der Waals surface area contributed by atoms with Crippen LogP contribution in [0.2, 0.25) is 0 Å². The molecule has 0 aliphatic rings. The molecule has 0 aliphatic heterocycles. The Bertz CT molecular complexity index is 1190. The fraction of sp³-hybridized carbons (Fsp3) is 0.200. The zero-order chi connectivity index (χ0) is 20.4. The molecule has 1 aromatic heterocycles. The van der Waals surface area contributed by atoms with Gasteiger partial charge in [-0.2, -0.15) is 0 Å². The molecule has 146 valence electrons. The molecule has 1 amide bonds. The van der Waals surface area contributed by atoms with Gasteiger partial charge in [-0.3, -0.25) is 4.79 Å². The second-order valence-corrected chi connectivity index (χ2v) is 8.64. The zero-order valence-corrected chi connectivity index (χ0v) is 17.8. The lowest BCUT2D eigenvalue weighted by atomic mass is 10.0. The lowest BCUT2D eigenvalue weighted by molar-refractivity contribution is -0.115. The number of hydrogen-bond acceptors (Lipinski definition) is 3. The molecule has 0 saturated carbocycles. The van der Waals surface area contributed by atoms with Gasteiger partial charge in [-0.1, -0.05) is 54.6 Å². The van der Waals surface area contributed by atoms with Crippen LogP contribution >= 0.6 is 11.3 Å². The molecule has 0 spiro atoms. The van der Waals surface area contributed by atoms with Crippen LogP contribution in [0, 0.1) is 20.8 Å². The Kier molecular flexibility index (Phi) is 5.45. The van der Waals surface area contributed by atoms with Crippen molar-refractivity contribution in [3.63, 3.8) is 0 Å². The van der Waals surface area contributed by atoms with Gasteiger partial charge in [0.25, 0.3) is 0 Å². The standard InChI is InChI=1S/C25H24N2OS/c1-16-11-12-17(2)22(13-16)27-24(28)15-23-18(3)26-25(29-23)14-20-9-6-8-19-7-4-5-10-21(19)20/h4-13H,14-15H2,1-3H3,(H,27,28). The van der Waals surface area contributed by atoms with Crippen molar-refractivity contribution in [3.8, 4) is 0 Å². The molecule has 0 saturated heterocycles. The molecule has 4 rings (SSSR count). The molecule has 0 unspecified atom stereocenters.